The van der Waals surface area contributed by atoms with Crippen molar-refractivity contribution in [2.45, 2.75) is 32.1 Å². The second-order valence-corrected chi connectivity index (χ2v) is 10.9. The normalized spacial score (nSPS) is 11.2. The molecule has 0 fully saturated rings. The summed E-state index contributed by atoms with van der Waals surface area (Å²) in [7, 11) is -0.259. The minimum atomic E-state index is -1.72. The van der Waals surface area contributed by atoms with E-state index in [0.717, 1.165) is 31.8 Å². The lowest BCUT2D eigenvalue weighted by atomic mass is 10.1. The van der Waals surface area contributed by atoms with Crippen LogP contribution in [0.25, 0.3) is 0 Å². The van der Waals surface area contributed by atoms with Crippen molar-refractivity contribution in [1.82, 2.24) is 0 Å². The average Bonchev–Trinajstić information content (AvgIpc) is 2.80. The molecule has 3 aromatic carbocycles. The number of unbranched alkanes of at least 4 members (excludes halogenated alkanes) is 3. The molecule has 0 spiro atoms. The van der Waals surface area contributed by atoms with E-state index in [1.807, 2.05) is 0 Å². The molecule has 0 heterocycles. The molecule has 0 saturated carbocycles. The molecule has 0 bridgehead atoms. The zero-order chi connectivity index (χ0) is 20.4. The monoisotopic (exact) mass is 405 g/mol. The van der Waals surface area contributed by atoms with Gasteiger partial charge in [-0.25, -0.2) is 0 Å². The van der Waals surface area contributed by atoms with Crippen LogP contribution in [0.2, 0.25) is 0 Å². The molecule has 0 aromatic heterocycles. The summed E-state index contributed by atoms with van der Waals surface area (Å²) in [5.74, 6) is -0.107. The Morgan fingerprint density at radius 3 is 1.48 bits per heavy atom. The molecule has 0 saturated heterocycles. The van der Waals surface area contributed by atoms with Crippen LogP contribution < -0.4 is 15.9 Å². The summed E-state index contributed by atoms with van der Waals surface area (Å²) < 4.78 is 4.75. The molecule has 0 aliphatic heterocycles. The van der Waals surface area contributed by atoms with E-state index in [4.69, 9.17) is 4.74 Å². The number of rotatable bonds is 10. The van der Waals surface area contributed by atoms with Crippen molar-refractivity contribution in [2.24, 2.45) is 0 Å². The summed E-state index contributed by atoms with van der Waals surface area (Å²) in [6.07, 6.45) is 5.91. The molecular weight excluding hydrogens is 375 g/mol. The van der Waals surface area contributed by atoms with Gasteiger partial charge in [0.1, 0.15) is 23.2 Å². The van der Waals surface area contributed by atoms with Crippen molar-refractivity contribution in [2.75, 3.05) is 13.3 Å². The van der Waals surface area contributed by atoms with Gasteiger partial charge in [0.2, 0.25) is 0 Å². The van der Waals surface area contributed by atoms with Crippen molar-refractivity contribution < 1.29 is 9.53 Å². The van der Waals surface area contributed by atoms with Gasteiger partial charge in [0, 0.05) is 6.42 Å². The molecule has 2 nitrogen and oxygen atoms in total. The van der Waals surface area contributed by atoms with E-state index in [-0.39, 0.29) is 5.97 Å². The summed E-state index contributed by atoms with van der Waals surface area (Å²) >= 11 is 0. The van der Waals surface area contributed by atoms with E-state index in [9.17, 15) is 4.79 Å². The van der Waals surface area contributed by atoms with Crippen molar-refractivity contribution in [1.29, 1.82) is 0 Å². The lowest BCUT2D eigenvalue weighted by Gasteiger charge is -2.27. The number of benzene rings is 3. The molecule has 3 heteroatoms. The predicted octanol–water partition coefficient (Wildman–Crippen LogP) is 5.10. The second-order valence-electron chi connectivity index (χ2n) is 7.28. The van der Waals surface area contributed by atoms with Gasteiger partial charge in [0.25, 0.3) is 0 Å². The maximum absolute atomic E-state index is 11.3. The van der Waals surface area contributed by atoms with Crippen LogP contribution in [0.1, 0.15) is 32.1 Å². The Hall–Kier alpha value is -2.44. The van der Waals surface area contributed by atoms with E-state index in [1.165, 1.54) is 23.0 Å². The largest absolute Gasteiger partial charge is 0.469 e. The van der Waals surface area contributed by atoms with E-state index >= 15 is 0 Å². The first-order valence-electron chi connectivity index (χ1n) is 10.4. The molecule has 0 radical (unpaired) electrons. The molecule has 150 valence electrons. The zero-order valence-electron chi connectivity index (χ0n) is 17.2. The molecule has 0 amide bonds. The van der Waals surface area contributed by atoms with Crippen LogP contribution in [0, 0.1) is 0 Å². The maximum Gasteiger partial charge on any atom is 0.305 e. The first-order valence-corrected chi connectivity index (χ1v) is 12.4. The number of hydrogen-bond acceptors (Lipinski definition) is 2. The van der Waals surface area contributed by atoms with Gasteiger partial charge >= 0.3 is 5.97 Å². The maximum atomic E-state index is 11.3. The summed E-state index contributed by atoms with van der Waals surface area (Å²) in [5, 5.41) is 4.31. The van der Waals surface area contributed by atoms with Crippen LogP contribution in [-0.2, 0) is 9.53 Å². The van der Waals surface area contributed by atoms with Gasteiger partial charge in [-0.1, -0.05) is 61.0 Å². The van der Waals surface area contributed by atoms with Gasteiger partial charge in [0.05, 0.1) is 13.3 Å². The van der Waals surface area contributed by atoms with Crippen LogP contribution in [0.5, 0.6) is 0 Å². The van der Waals surface area contributed by atoms with E-state index in [1.54, 1.807) is 0 Å². The van der Waals surface area contributed by atoms with Crippen LogP contribution in [-0.4, -0.2) is 19.2 Å². The Labute approximate surface area is 175 Å². The third kappa shape index (κ3) is 5.34. The topological polar surface area (TPSA) is 26.3 Å². The van der Waals surface area contributed by atoms with Gasteiger partial charge in [-0.3, -0.25) is 4.79 Å². The fraction of sp³-hybridized carbons (Fsp3) is 0.269. The van der Waals surface area contributed by atoms with Gasteiger partial charge in [-0.2, -0.15) is 0 Å². The fourth-order valence-corrected chi connectivity index (χ4v) is 8.37. The van der Waals surface area contributed by atoms with E-state index in [2.05, 4.69) is 91.0 Å². The Morgan fingerprint density at radius 2 is 1.07 bits per heavy atom. The standard InChI is InChI=1S/C26H30O2P/c1-28-26(27)21-13-2-3-14-22-29(23-15-7-4-8-16-23,24-17-9-5-10-18-24)25-19-11-6-12-20-25/h4-12,15-20H,2-3,13-14,21-22H2,1H3/q+1. The van der Waals surface area contributed by atoms with Crippen LogP contribution >= 0.6 is 7.26 Å². The highest BCUT2D eigenvalue weighted by molar-refractivity contribution is 7.95. The molecule has 29 heavy (non-hydrogen) atoms. The van der Waals surface area contributed by atoms with Crippen LogP contribution in [0.3, 0.4) is 0 Å². The molecular formula is C26H30O2P+. The quantitative estimate of drug-likeness (QED) is 0.266. The van der Waals surface area contributed by atoms with Crippen molar-refractivity contribution in [3.05, 3.63) is 91.0 Å². The Kier molecular flexibility index (Phi) is 8.02. The molecule has 0 aliphatic rings. The Morgan fingerprint density at radius 1 is 0.655 bits per heavy atom. The summed E-state index contributed by atoms with van der Waals surface area (Å²) in [6.45, 7) is 0. The summed E-state index contributed by atoms with van der Waals surface area (Å²) in [6, 6.07) is 33.0. The number of methoxy groups -OCH3 is 1. The minimum Gasteiger partial charge on any atom is -0.469 e. The van der Waals surface area contributed by atoms with Gasteiger partial charge in [-0.15, -0.1) is 0 Å². The summed E-state index contributed by atoms with van der Waals surface area (Å²) in [5.41, 5.74) is 0. The number of esters is 1. The molecule has 0 N–H and O–H groups in total. The second kappa shape index (κ2) is 10.9. The highest BCUT2D eigenvalue weighted by atomic mass is 31.2. The highest BCUT2D eigenvalue weighted by Crippen LogP contribution is 2.55. The number of ether oxygens (including phenoxy) is 1. The minimum absolute atomic E-state index is 0.107. The van der Waals surface area contributed by atoms with Gasteiger partial charge in [0.15, 0.2) is 0 Å². The third-order valence-corrected chi connectivity index (χ3v) is 9.97. The fourth-order valence-electron chi connectivity index (χ4n) is 3.96. The predicted molar refractivity (Wildman–Crippen MR) is 125 cm³/mol. The summed E-state index contributed by atoms with van der Waals surface area (Å²) in [4.78, 5) is 11.3. The van der Waals surface area contributed by atoms with Gasteiger partial charge in [-0.05, 0) is 55.7 Å². The van der Waals surface area contributed by atoms with Crippen LogP contribution in [0.4, 0.5) is 0 Å². The van der Waals surface area contributed by atoms with Crippen molar-refractivity contribution in [3.63, 3.8) is 0 Å². The SMILES string of the molecule is COC(=O)CCCCCC[P+](c1ccccc1)(c1ccccc1)c1ccccc1. The molecule has 0 aliphatic carbocycles. The third-order valence-electron chi connectivity index (χ3n) is 5.44. The molecule has 3 rings (SSSR count). The molecule has 0 atom stereocenters. The van der Waals surface area contributed by atoms with E-state index in [0.29, 0.717) is 6.42 Å². The Bertz CT molecular complexity index is 766. The number of hydrogen-bond donors (Lipinski definition) is 0. The lowest BCUT2D eigenvalue weighted by molar-refractivity contribution is -0.140. The lowest BCUT2D eigenvalue weighted by Crippen LogP contribution is -2.33. The van der Waals surface area contributed by atoms with Crippen molar-refractivity contribution >= 4 is 29.1 Å². The smallest absolute Gasteiger partial charge is 0.305 e. The zero-order valence-corrected chi connectivity index (χ0v) is 18.1. The van der Waals surface area contributed by atoms with Crippen LogP contribution in [0.15, 0.2) is 91.0 Å². The highest BCUT2D eigenvalue weighted by Gasteiger charge is 2.44. The number of carbonyl (C=O) groups is 1. The molecule has 3 aromatic rings. The number of carbonyl (C=O) groups excluding carboxylic acids is 1. The van der Waals surface area contributed by atoms with Crippen molar-refractivity contribution in [3.8, 4) is 0 Å². The first-order chi connectivity index (χ1) is 14.3. The average molecular weight is 405 g/mol. The van der Waals surface area contributed by atoms with Gasteiger partial charge < -0.3 is 4.74 Å². The molecule has 0 unspecified atom stereocenters. The Balaban J connectivity index is 1.88. The van der Waals surface area contributed by atoms with E-state index < -0.39 is 7.26 Å². The first kappa shape index (κ1) is 21.3.